The molecule has 1 unspecified atom stereocenters. The van der Waals surface area contributed by atoms with Crippen LogP contribution in [0.15, 0.2) is 29.9 Å². The van der Waals surface area contributed by atoms with Crippen LogP contribution in [0.4, 0.5) is 5.95 Å². The molecule has 1 aliphatic rings. The van der Waals surface area contributed by atoms with Crippen LogP contribution >= 0.6 is 22.9 Å². The van der Waals surface area contributed by atoms with Crippen LogP contribution in [0.1, 0.15) is 17.7 Å². The van der Waals surface area contributed by atoms with Crippen molar-refractivity contribution in [2.24, 2.45) is 0 Å². The van der Waals surface area contributed by atoms with Crippen molar-refractivity contribution in [3.8, 4) is 0 Å². The second kappa shape index (κ2) is 6.52. The summed E-state index contributed by atoms with van der Waals surface area (Å²) in [6.07, 6.45) is 5.96. The Bertz CT molecular complexity index is 545. The molecule has 0 radical (unpaired) electrons. The number of aromatic nitrogens is 2. The number of thiophene rings is 1. The minimum absolute atomic E-state index is 0.480. The third-order valence-electron chi connectivity index (χ3n) is 3.44. The number of nitrogens with one attached hydrogen (secondary N) is 1. The smallest absolute Gasteiger partial charge is 0.225 e. The first-order valence-electron chi connectivity index (χ1n) is 6.79. The largest absolute Gasteiger partial charge is 0.339 e. The van der Waals surface area contributed by atoms with Gasteiger partial charge in [-0.15, -0.1) is 11.3 Å². The topological polar surface area (TPSA) is 41.0 Å². The van der Waals surface area contributed by atoms with Gasteiger partial charge in [-0.05, 0) is 25.0 Å². The van der Waals surface area contributed by atoms with Crippen LogP contribution in [0.2, 0.25) is 5.02 Å². The van der Waals surface area contributed by atoms with Gasteiger partial charge in [0.15, 0.2) is 0 Å². The fourth-order valence-electron chi connectivity index (χ4n) is 2.47. The molecule has 4 nitrogen and oxygen atoms in total. The molecule has 106 valence electrons. The van der Waals surface area contributed by atoms with Crippen molar-refractivity contribution in [1.82, 2.24) is 15.3 Å². The van der Waals surface area contributed by atoms with Gasteiger partial charge in [-0.3, -0.25) is 0 Å². The van der Waals surface area contributed by atoms with Crippen molar-refractivity contribution in [3.63, 3.8) is 0 Å². The SMILES string of the molecule is Clc1csc(CNC2CCCN(c3ncccn3)C2)c1. The molecule has 2 aromatic heterocycles. The van der Waals surface area contributed by atoms with Gasteiger partial charge in [-0.2, -0.15) is 0 Å². The molecule has 1 atom stereocenters. The first kappa shape index (κ1) is 13.8. The van der Waals surface area contributed by atoms with Crippen LogP contribution in [-0.2, 0) is 6.54 Å². The lowest BCUT2D eigenvalue weighted by Gasteiger charge is -2.33. The van der Waals surface area contributed by atoms with E-state index in [-0.39, 0.29) is 0 Å². The Labute approximate surface area is 127 Å². The third-order valence-corrected chi connectivity index (χ3v) is 4.73. The fourth-order valence-corrected chi connectivity index (χ4v) is 3.50. The minimum atomic E-state index is 0.480. The molecule has 6 heteroatoms. The zero-order valence-corrected chi connectivity index (χ0v) is 12.7. The molecule has 1 aliphatic heterocycles. The Morgan fingerprint density at radius 2 is 2.25 bits per heavy atom. The highest BCUT2D eigenvalue weighted by Gasteiger charge is 2.21. The molecule has 0 aromatic carbocycles. The Morgan fingerprint density at radius 1 is 1.40 bits per heavy atom. The van der Waals surface area contributed by atoms with Crippen LogP contribution < -0.4 is 10.2 Å². The summed E-state index contributed by atoms with van der Waals surface area (Å²) >= 11 is 7.65. The lowest BCUT2D eigenvalue weighted by Crippen LogP contribution is -2.46. The Balaban J connectivity index is 1.55. The highest BCUT2D eigenvalue weighted by atomic mass is 35.5. The third kappa shape index (κ3) is 3.48. The standard InChI is InChI=1S/C14H17ClN4S/c15-11-7-13(20-10-11)8-18-12-3-1-6-19(9-12)14-16-4-2-5-17-14/h2,4-5,7,10,12,18H,1,3,6,8-9H2. The molecule has 20 heavy (non-hydrogen) atoms. The second-order valence-electron chi connectivity index (χ2n) is 4.95. The van der Waals surface area contributed by atoms with Crippen LogP contribution in [0, 0.1) is 0 Å². The van der Waals surface area contributed by atoms with Crippen molar-refractivity contribution >= 4 is 28.9 Å². The highest BCUT2D eigenvalue weighted by Crippen LogP contribution is 2.20. The van der Waals surface area contributed by atoms with E-state index in [0.29, 0.717) is 6.04 Å². The maximum absolute atomic E-state index is 5.94. The molecule has 0 bridgehead atoms. The van der Waals surface area contributed by atoms with Crippen LogP contribution in [0.25, 0.3) is 0 Å². The van der Waals surface area contributed by atoms with E-state index in [1.54, 1.807) is 23.7 Å². The van der Waals surface area contributed by atoms with E-state index < -0.39 is 0 Å². The first-order chi connectivity index (χ1) is 9.81. The summed E-state index contributed by atoms with van der Waals surface area (Å²) in [6, 6.07) is 4.36. The monoisotopic (exact) mass is 308 g/mol. The van der Waals surface area contributed by atoms with Crippen molar-refractivity contribution in [3.05, 3.63) is 39.8 Å². The minimum Gasteiger partial charge on any atom is -0.339 e. The molecule has 3 heterocycles. The molecule has 1 fully saturated rings. The van der Waals surface area contributed by atoms with E-state index in [2.05, 4.69) is 20.2 Å². The van der Waals surface area contributed by atoms with Gasteiger partial charge in [0.05, 0.1) is 5.02 Å². The number of nitrogens with zero attached hydrogens (tertiary/aromatic N) is 3. The van der Waals surface area contributed by atoms with Crippen molar-refractivity contribution in [1.29, 1.82) is 0 Å². The highest BCUT2D eigenvalue weighted by molar-refractivity contribution is 7.10. The summed E-state index contributed by atoms with van der Waals surface area (Å²) in [6.45, 7) is 2.88. The Hall–Kier alpha value is -1.17. The lowest BCUT2D eigenvalue weighted by atomic mass is 10.1. The van der Waals surface area contributed by atoms with Gasteiger partial charge < -0.3 is 10.2 Å². The van der Waals surface area contributed by atoms with Gasteiger partial charge in [0, 0.05) is 48.3 Å². The Kier molecular flexibility index (Phi) is 4.50. The van der Waals surface area contributed by atoms with Gasteiger partial charge in [0.1, 0.15) is 0 Å². The summed E-state index contributed by atoms with van der Waals surface area (Å²) in [5.74, 6) is 0.832. The number of hydrogen-bond donors (Lipinski definition) is 1. The number of anilines is 1. The van der Waals surface area contributed by atoms with Gasteiger partial charge in [0.25, 0.3) is 0 Å². The molecule has 2 aromatic rings. The summed E-state index contributed by atoms with van der Waals surface area (Å²) in [5.41, 5.74) is 0. The number of rotatable bonds is 4. The molecule has 1 saturated heterocycles. The maximum Gasteiger partial charge on any atom is 0.225 e. The summed E-state index contributed by atoms with van der Waals surface area (Å²) in [4.78, 5) is 12.2. The van der Waals surface area contributed by atoms with E-state index in [9.17, 15) is 0 Å². The molecule has 0 amide bonds. The van der Waals surface area contributed by atoms with Gasteiger partial charge in [0.2, 0.25) is 5.95 Å². The molecular weight excluding hydrogens is 292 g/mol. The number of halogens is 1. The molecule has 3 rings (SSSR count). The summed E-state index contributed by atoms with van der Waals surface area (Å²) in [7, 11) is 0. The average molecular weight is 309 g/mol. The van der Waals surface area contributed by atoms with Gasteiger partial charge in [-0.25, -0.2) is 9.97 Å². The summed E-state index contributed by atoms with van der Waals surface area (Å²) < 4.78 is 0. The van der Waals surface area contributed by atoms with Crippen LogP contribution in [0.5, 0.6) is 0 Å². The average Bonchev–Trinajstić information content (AvgIpc) is 2.92. The molecule has 1 N–H and O–H groups in total. The predicted molar refractivity (Wildman–Crippen MR) is 83.4 cm³/mol. The lowest BCUT2D eigenvalue weighted by molar-refractivity contribution is 0.419. The normalized spacial score (nSPS) is 19.2. The maximum atomic E-state index is 5.94. The fraction of sp³-hybridized carbons (Fsp3) is 0.429. The molecule has 0 aliphatic carbocycles. The van der Waals surface area contributed by atoms with Crippen molar-refractivity contribution in [2.45, 2.75) is 25.4 Å². The van der Waals surface area contributed by atoms with Gasteiger partial charge >= 0.3 is 0 Å². The zero-order valence-electron chi connectivity index (χ0n) is 11.1. The molecule has 0 saturated carbocycles. The molecule has 0 spiro atoms. The Morgan fingerprint density at radius 3 is 3.00 bits per heavy atom. The van der Waals surface area contributed by atoms with E-state index in [1.165, 1.54) is 17.7 Å². The zero-order chi connectivity index (χ0) is 13.8. The van der Waals surface area contributed by atoms with Crippen molar-refractivity contribution < 1.29 is 0 Å². The van der Waals surface area contributed by atoms with Gasteiger partial charge in [-0.1, -0.05) is 11.6 Å². The number of hydrogen-bond acceptors (Lipinski definition) is 5. The van der Waals surface area contributed by atoms with E-state index in [4.69, 9.17) is 11.6 Å². The molecular formula is C14H17ClN4S. The van der Waals surface area contributed by atoms with E-state index in [0.717, 1.165) is 30.6 Å². The van der Waals surface area contributed by atoms with Crippen LogP contribution in [0.3, 0.4) is 0 Å². The predicted octanol–water partition coefficient (Wildman–Crippen LogP) is 2.95. The van der Waals surface area contributed by atoms with Crippen LogP contribution in [-0.4, -0.2) is 29.1 Å². The first-order valence-corrected chi connectivity index (χ1v) is 8.05. The number of piperidine rings is 1. The van der Waals surface area contributed by atoms with E-state index >= 15 is 0 Å². The quantitative estimate of drug-likeness (QED) is 0.943. The van der Waals surface area contributed by atoms with Crippen molar-refractivity contribution in [2.75, 3.05) is 18.0 Å². The summed E-state index contributed by atoms with van der Waals surface area (Å²) in [5, 5.41) is 6.41. The second-order valence-corrected chi connectivity index (χ2v) is 6.38. The van der Waals surface area contributed by atoms with E-state index in [1.807, 2.05) is 17.5 Å².